The van der Waals surface area contributed by atoms with Crippen LogP contribution in [0, 0.1) is 11.3 Å². The zero-order valence-electron chi connectivity index (χ0n) is 13.1. The molecule has 0 aliphatic rings. The van der Waals surface area contributed by atoms with E-state index in [1.807, 2.05) is 6.07 Å². The van der Waals surface area contributed by atoms with Crippen molar-refractivity contribution >= 4 is 28.2 Å². The van der Waals surface area contributed by atoms with Crippen LogP contribution >= 0.6 is 0 Å². The monoisotopic (exact) mass is 384 g/mol. The SMILES string of the molecule is COC(=O)c1ccc(C(F)(F)F)cc1N(c1ccc(C#N)cc1)[SH](=O)=O. The number of nitriles is 1. The Kier molecular flexibility index (Phi) is 5.52. The smallest absolute Gasteiger partial charge is 0.416 e. The molecule has 0 N–H and O–H groups in total. The summed E-state index contributed by atoms with van der Waals surface area (Å²) in [4.78, 5) is 11.9. The number of ether oxygens (including phenoxy) is 1. The maximum atomic E-state index is 13.0. The fourth-order valence-electron chi connectivity index (χ4n) is 2.16. The maximum Gasteiger partial charge on any atom is 0.416 e. The van der Waals surface area contributed by atoms with Gasteiger partial charge in [-0.3, -0.25) is 0 Å². The normalized spacial score (nSPS) is 11.1. The second kappa shape index (κ2) is 7.45. The van der Waals surface area contributed by atoms with Gasteiger partial charge in [-0.05, 0) is 42.5 Å². The lowest BCUT2D eigenvalue weighted by Crippen LogP contribution is -2.20. The van der Waals surface area contributed by atoms with Crippen LogP contribution in [-0.4, -0.2) is 21.5 Å². The molecule has 0 bridgehead atoms. The number of thiol groups is 1. The topological polar surface area (TPSA) is 87.5 Å². The first-order valence-electron chi connectivity index (χ1n) is 6.93. The highest BCUT2D eigenvalue weighted by Gasteiger charge is 2.33. The first kappa shape index (κ1) is 19.3. The molecule has 26 heavy (non-hydrogen) atoms. The predicted octanol–water partition coefficient (Wildman–Crippen LogP) is 3.03. The summed E-state index contributed by atoms with van der Waals surface area (Å²) in [6.45, 7) is 0. The van der Waals surface area contributed by atoms with Crippen molar-refractivity contribution in [3.05, 3.63) is 59.2 Å². The van der Waals surface area contributed by atoms with Crippen LogP contribution < -0.4 is 4.31 Å². The molecule has 2 aromatic carbocycles. The number of nitrogens with zero attached hydrogens (tertiary/aromatic N) is 2. The van der Waals surface area contributed by atoms with Gasteiger partial charge in [-0.15, -0.1) is 0 Å². The molecule has 6 nitrogen and oxygen atoms in total. The third-order valence-corrected chi connectivity index (χ3v) is 4.14. The Hall–Kier alpha value is -3.06. The van der Waals surface area contributed by atoms with E-state index in [9.17, 15) is 26.4 Å². The Morgan fingerprint density at radius 2 is 1.77 bits per heavy atom. The second-order valence-corrected chi connectivity index (χ2v) is 5.81. The molecule has 0 amide bonds. The van der Waals surface area contributed by atoms with Crippen molar-refractivity contribution in [1.29, 1.82) is 5.26 Å². The minimum absolute atomic E-state index is 0.0374. The minimum atomic E-state index is -4.74. The summed E-state index contributed by atoms with van der Waals surface area (Å²) in [6.07, 6.45) is -4.74. The van der Waals surface area contributed by atoms with Crippen LogP contribution in [0.1, 0.15) is 21.5 Å². The molecule has 0 saturated heterocycles. The zero-order chi connectivity index (χ0) is 19.5. The molecule has 0 spiro atoms. The lowest BCUT2D eigenvalue weighted by molar-refractivity contribution is -0.137. The standard InChI is InChI=1S/C16H11F3N2O4S/c1-25-15(22)13-7-4-11(16(17,18)19)8-14(13)21(26(23)24)12-5-2-10(9-20)3-6-12/h2-8,26H,1H3. The van der Waals surface area contributed by atoms with Gasteiger partial charge in [-0.2, -0.15) is 18.4 Å². The number of hydrogen-bond donors (Lipinski definition) is 1. The van der Waals surface area contributed by atoms with Gasteiger partial charge in [0.1, 0.15) is 0 Å². The van der Waals surface area contributed by atoms with Gasteiger partial charge in [-0.1, -0.05) is 0 Å². The van der Waals surface area contributed by atoms with Crippen LogP contribution in [0.2, 0.25) is 0 Å². The van der Waals surface area contributed by atoms with Crippen LogP contribution in [-0.2, 0) is 21.8 Å². The number of rotatable bonds is 4. The average Bonchev–Trinajstić information content (AvgIpc) is 2.60. The number of halogens is 3. The fourth-order valence-corrected chi connectivity index (χ4v) is 2.83. The molecule has 0 aliphatic carbocycles. The van der Waals surface area contributed by atoms with Crippen molar-refractivity contribution in [3.8, 4) is 6.07 Å². The van der Waals surface area contributed by atoms with E-state index < -0.39 is 34.3 Å². The van der Waals surface area contributed by atoms with Crippen molar-refractivity contribution in [3.63, 3.8) is 0 Å². The van der Waals surface area contributed by atoms with E-state index in [2.05, 4.69) is 4.74 Å². The van der Waals surface area contributed by atoms with Crippen molar-refractivity contribution in [1.82, 2.24) is 0 Å². The molecule has 136 valence electrons. The van der Waals surface area contributed by atoms with Crippen LogP contribution in [0.5, 0.6) is 0 Å². The molecule has 0 saturated carbocycles. The number of methoxy groups -OCH3 is 1. The summed E-state index contributed by atoms with van der Waals surface area (Å²) in [7, 11) is -2.43. The summed E-state index contributed by atoms with van der Waals surface area (Å²) < 4.78 is 67.6. The van der Waals surface area contributed by atoms with E-state index >= 15 is 0 Å². The van der Waals surface area contributed by atoms with Gasteiger partial charge in [0.2, 0.25) is 10.9 Å². The highest BCUT2D eigenvalue weighted by molar-refractivity contribution is 7.74. The van der Waals surface area contributed by atoms with Crippen LogP contribution in [0.3, 0.4) is 0 Å². The van der Waals surface area contributed by atoms with E-state index in [1.165, 1.54) is 24.3 Å². The van der Waals surface area contributed by atoms with Gasteiger partial charge in [0.25, 0.3) is 0 Å². The Balaban J connectivity index is 2.72. The van der Waals surface area contributed by atoms with Crippen molar-refractivity contribution in [2.45, 2.75) is 6.18 Å². The summed E-state index contributed by atoms with van der Waals surface area (Å²) in [5, 5.41) is 8.80. The molecule has 0 aromatic heterocycles. The quantitative estimate of drug-likeness (QED) is 0.647. The first-order valence-corrected chi connectivity index (χ1v) is 8.06. The number of carbonyl (C=O) groups is 1. The van der Waals surface area contributed by atoms with Gasteiger partial charge in [-0.25, -0.2) is 17.5 Å². The number of alkyl halides is 3. The van der Waals surface area contributed by atoms with Crippen LogP contribution in [0.4, 0.5) is 24.5 Å². The summed E-state index contributed by atoms with van der Waals surface area (Å²) >= 11 is 0. The van der Waals surface area contributed by atoms with Crippen LogP contribution in [0.25, 0.3) is 0 Å². The fraction of sp³-hybridized carbons (Fsp3) is 0.125. The Bertz CT molecular complexity index is 939. The highest BCUT2D eigenvalue weighted by atomic mass is 32.2. The van der Waals surface area contributed by atoms with E-state index in [0.29, 0.717) is 16.4 Å². The van der Waals surface area contributed by atoms with E-state index in [1.54, 1.807) is 0 Å². The number of anilines is 2. The first-order chi connectivity index (χ1) is 12.2. The number of hydrogen-bond acceptors (Lipinski definition) is 5. The lowest BCUT2D eigenvalue weighted by Gasteiger charge is -2.21. The largest absolute Gasteiger partial charge is 0.465 e. The van der Waals surface area contributed by atoms with Crippen LogP contribution in [0.15, 0.2) is 42.5 Å². The molecule has 0 unspecified atom stereocenters. The summed E-state index contributed by atoms with van der Waals surface area (Å²) in [5.41, 5.74) is -1.80. The second-order valence-electron chi connectivity index (χ2n) is 4.93. The molecule has 0 radical (unpaired) electrons. The number of carbonyl (C=O) groups excluding carboxylic acids is 1. The molecular weight excluding hydrogens is 373 g/mol. The highest BCUT2D eigenvalue weighted by Crippen LogP contribution is 2.36. The van der Waals surface area contributed by atoms with E-state index in [4.69, 9.17) is 5.26 Å². The molecule has 2 rings (SSSR count). The van der Waals surface area contributed by atoms with Crippen molar-refractivity contribution < 1.29 is 31.1 Å². The van der Waals surface area contributed by atoms with E-state index in [-0.39, 0.29) is 16.8 Å². The maximum absolute atomic E-state index is 13.0. The molecule has 10 heteroatoms. The van der Waals surface area contributed by atoms with Gasteiger partial charge in [0.15, 0.2) is 0 Å². The Morgan fingerprint density at radius 3 is 2.23 bits per heavy atom. The summed E-state index contributed by atoms with van der Waals surface area (Å²) in [5.74, 6) is -0.996. The van der Waals surface area contributed by atoms with Gasteiger partial charge < -0.3 is 4.74 Å². The van der Waals surface area contributed by atoms with Crippen molar-refractivity contribution in [2.24, 2.45) is 0 Å². The molecule has 2 aromatic rings. The zero-order valence-corrected chi connectivity index (χ0v) is 14.0. The predicted molar refractivity (Wildman–Crippen MR) is 86.4 cm³/mol. The van der Waals surface area contributed by atoms with Gasteiger partial charge in [0.05, 0.1) is 41.2 Å². The molecule has 0 aliphatic heterocycles. The molecule has 0 heterocycles. The van der Waals surface area contributed by atoms with Gasteiger partial charge >= 0.3 is 12.1 Å². The molecule has 0 fully saturated rings. The third-order valence-electron chi connectivity index (χ3n) is 3.36. The molecule has 0 atom stereocenters. The third kappa shape index (κ3) is 3.94. The molecular formula is C16H11F3N2O4S. The van der Waals surface area contributed by atoms with E-state index in [0.717, 1.165) is 13.2 Å². The van der Waals surface area contributed by atoms with Gasteiger partial charge in [0, 0.05) is 0 Å². The lowest BCUT2D eigenvalue weighted by atomic mass is 10.1. The Labute approximate surface area is 148 Å². The minimum Gasteiger partial charge on any atom is -0.465 e. The average molecular weight is 384 g/mol. The number of esters is 1. The Morgan fingerprint density at radius 1 is 1.15 bits per heavy atom. The summed E-state index contributed by atoms with van der Waals surface area (Å²) in [6, 6.07) is 8.97. The number of benzene rings is 2. The van der Waals surface area contributed by atoms with Crippen molar-refractivity contribution in [2.75, 3.05) is 11.4 Å².